The molecule has 5 aromatic carbocycles. The van der Waals surface area contributed by atoms with E-state index in [1.54, 1.807) is 0 Å². The lowest BCUT2D eigenvalue weighted by molar-refractivity contribution is 0.186. The highest BCUT2D eigenvalue weighted by molar-refractivity contribution is 6.09. The van der Waals surface area contributed by atoms with Crippen LogP contribution in [-0.4, -0.2) is 16.2 Å². The fourth-order valence-corrected chi connectivity index (χ4v) is 9.08. The second kappa shape index (κ2) is 12.6. The van der Waals surface area contributed by atoms with Gasteiger partial charge in [-0.2, -0.15) is 0 Å². The standard InChI is InChI=1S/C52H57N4O/c1-34(2)42-19-15-21-47-49(42)56(39-27-36(51(6,7)8)26-37(28-39)52(9,10)11)32-55(47,33-56)38-16-14-17-40(30-38)57-41-22-23-44-43-18-12-13-20-45(43)54(46(44)31-41)48-29-35(24-25-53-48)50(3,4)5/h12-32,34H,33H2,1-11H3/q+1/t55-,56+/m1/s1/i34D. The van der Waals surface area contributed by atoms with Crippen LogP contribution in [0.15, 0.2) is 121 Å². The molecule has 2 aromatic heterocycles. The van der Waals surface area contributed by atoms with Crippen LogP contribution in [0.1, 0.15) is 106 Å². The smallest absolute Gasteiger partial charge is 0.186 e. The van der Waals surface area contributed by atoms with Gasteiger partial charge >= 0.3 is 0 Å². The van der Waals surface area contributed by atoms with E-state index in [2.05, 4.69) is 189 Å². The summed E-state index contributed by atoms with van der Waals surface area (Å²) in [7, 11) is 0. The summed E-state index contributed by atoms with van der Waals surface area (Å²) in [6.07, 6.45) is 1.92. The van der Waals surface area contributed by atoms with Crippen LogP contribution in [0.5, 0.6) is 11.5 Å². The molecule has 7 aromatic rings. The van der Waals surface area contributed by atoms with Crippen LogP contribution in [0.25, 0.3) is 27.6 Å². The molecule has 290 valence electrons. The maximum absolute atomic E-state index is 9.35. The Kier molecular flexibility index (Phi) is 8.01. The molecule has 3 aliphatic rings. The number of nitrogens with zero attached hydrogens (tertiary/aromatic N) is 4. The SMILES string of the molecule is [2H]C(C)(C)c1cccc2c1[N@@+]1(c3cc(C(C)(C)C)cc(C(C)(C)C)c3)[CH-][N@+]2(c2cccc(Oc3ccc4c5ccccc5n(-c5cc(C(C)(C)C)ccn5)c4c3)c2)C1. The Morgan fingerprint density at radius 1 is 0.632 bits per heavy atom. The molecule has 0 N–H and O–H groups in total. The number of para-hydroxylation sites is 2. The Hall–Kier alpha value is -5.23. The first-order valence-electron chi connectivity index (χ1n) is 20.9. The summed E-state index contributed by atoms with van der Waals surface area (Å²) in [6, 6.07) is 41.7. The number of pyridine rings is 1. The van der Waals surface area contributed by atoms with E-state index in [4.69, 9.17) is 9.72 Å². The van der Waals surface area contributed by atoms with E-state index in [1.165, 1.54) is 39.1 Å². The van der Waals surface area contributed by atoms with Gasteiger partial charge < -0.3 is 4.74 Å². The van der Waals surface area contributed by atoms with Crippen molar-refractivity contribution in [3.63, 3.8) is 0 Å². The van der Waals surface area contributed by atoms with Gasteiger partial charge in [0, 0.05) is 54.2 Å². The summed E-state index contributed by atoms with van der Waals surface area (Å²) >= 11 is 0. The van der Waals surface area contributed by atoms with Gasteiger partial charge in [0.1, 0.15) is 28.7 Å². The number of hydrogen-bond donors (Lipinski definition) is 0. The van der Waals surface area contributed by atoms with E-state index < -0.39 is 5.89 Å². The lowest BCUT2D eigenvalue weighted by Gasteiger charge is -2.56. The number of benzene rings is 5. The fraction of sp³-hybridized carbons (Fsp3) is 0.308. The highest BCUT2D eigenvalue weighted by Crippen LogP contribution is 2.67. The van der Waals surface area contributed by atoms with Gasteiger partial charge in [-0.15, -0.1) is 0 Å². The number of fused-ring (bicyclic) bond motifs is 3. The summed E-state index contributed by atoms with van der Waals surface area (Å²) in [4.78, 5) is 4.88. The normalized spacial score (nSPS) is 19.7. The van der Waals surface area contributed by atoms with Gasteiger partial charge in [0.05, 0.1) is 17.7 Å². The zero-order valence-electron chi connectivity index (χ0n) is 36.5. The Morgan fingerprint density at radius 2 is 1.28 bits per heavy atom. The Labute approximate surface area is 340 Å². The third-order valence-electron chi connectivity index (χ3n) is 12.3. The molecular formula is C52H57N4O+. The maximum atomic E-state index is 9.35. The quantitative estimate of drug-likeness (QED) is 0.125. The number of aromatic nitrogens is 2. The molecular weight excluding hydrogens is 697 g/mol. The predicted molar refractivity (Wildman–Crippen MR) is 240 cm³/mol. The fourth-order valence-electron chi connectivity index (χ4n) is 9.08. The first-order valence-corrected chi connectivity index (χ1v) is 20.4. The molecule has 10 rings (SSSR count). The molecule has 0 amide bonds. The van der Waals surface area contributed by atoms with Gasteiger partial charge in [0.25, 0.3) is 0 Å². The summed E-state index contributed by atoms with van der Waals surface area (Å²) in [5, 5.41) is 2.35. The van der Waals surface area contributed by atoms with E-state index in [0.717, 1.165) is 51.7 Å². The number of rotatable bonds is 6. The molecule has 2 bridgehead atoms. The van der Waals surface area contributed by atoms with Crippen molar-refractivity contribution in [2.75, 3.05) is 6.67 Å². The first kappa shape index (κ1) is 36.1. The van der Waals surface area contributed by atoms with Gasteiger partial charge in [0.2, 0.25) is 0 Å². The monoisotopic (exact) mass is 754 g/mol. The first-order chi connectivity index (χ1) is 27.2. The van der Waals surface area contributed by atoms with E-state index in [1.807, 2.05) is 20.0 Å². The molecule has 0 spiro atoms. The minimum Gasteiger partial charge on any atom is -0.457 e. The van der Waals surface area contributed by atoms with Crippen LogP contribution in [0.2, 0.25) is 0 Å². The van der Waals surface area contributed by atoms with Crippen LogP contribution in [0, 0.1) is 6.67 Å². The number of hydrogen-bond acceptors (Lipinski definition) is 2. The molecule has 3 aliphatic heterocycles. The largest absolute Gasteiger partial charge is 0.457 e. The van der Waals surface area contributed by atoms with Crippen LogP contribution < -0.4 is 13.7 Å². The lowest BCUT2D eigenvalue weighted by atomic mass is 9.80. The predicted octanol–water partition coefficient (Wildman–Crippen LogP) is 14.4. The topological polar surface area (TPSA) is 27.1 Å². The van der Waals surface area contributed by atoms with E-state index >= 15 is 0 Å². The molecule has 0 saturated carbocycles. The lowest BCUT2D eigenvalue weighted by Crippen LogP contribution is -2.67. The molecule has 2 atom stereocenters. The average Bonchev–Trinajstić information content (AvgIpc) is 3.74. The van der Waals surface area contributed by atoms with E-state index in [0.29, 0.717) is 8.97 Å². The van der Waals surface area contributed by atoms with E-state index in [-0.39, 0.29) is 16.2 Å². The molecule has 0 radical (unpaired) electrons. The molecule has 57 heavy (non-hydrogen) atoms. The van der Waals surface area contributed by atoms with Crippen LogP contribution in [-0.2, 0) is 16.2 Å². The number of quaternary nitrogens is 2. The van der Waals surface area contributed by atoms with Crippen LogP contribution >= 0.6 is 0 Å². The van der Waals surface area contributed by atoms with Crippen molar-refractivity contribution in [2.24, 2.45) is 0 Å². The molecule has 5 heterocycles. The van der Waals surface area contributed by atoms with Gasteiger partial charge in [-0.25, -0.2) is 4.98 Å². The Morgan fingerprint density at radius 3 is 1.96 bits per heavy atom. The van der Waals surface area contributed by atoms with Gasteiger partial charge in [-0.1, -0.05) is 119 Å². The second-order valence-electron chi connectivity index (χ2n) is 19.7. The van der Waals surface area contributed by atoms with Crippen molar-refractivity contribution in [3.05, 3.63) is 150 Å². The van der Waals surface area contributed by atoms with Crippen LogP contribution in [0.4, 0.5) is 22.7 Å². The summed E-state index contributed by atoms with van der Waals surface area (Å²) in [5.74, 6) is 1.67. The van der Waals surface area contributed by atoms with Crippen molar-refractivity contribution >= 4 is 44.6 Å². The molecule has 0 unspecified atom stereocenters. The zero-order valence-corrected chi connectivity index (χ0v) is 35.5. The Balaban J connectivity index is 1.14. The third kappa shape index (κ3) is 5.92. The summed E-state index contributed by atoms with van der Waals surface area (Å²) in [6.45, 7) is 27.9. The molecule has 5 heteroatoms. The van der Waals surface area contributed by atoms with Gasteiger partial charge in [-0.3, -0.25) is 13.5 Å². The molecule has 1 fully saturated rings. The molecule has 1 saturated heterocycles. The van der Waals surface area contributed by atoms with E-state index in [9.17, 15) is 1.37 Å². The van der Waals surface area contributed by atoms with Crippen molar-refractivity contribution in [1.82, 2.24) is 18.5 Å². The maximum Gasteiger partial charge on any atom is 0.186 e. The van der Waals surface area contributed by atoms with Crippen molar-refractivity contribution < 1.29 is 6.11 Å². The number of ether oxygens (including phenoxy) is 1. The average molecular weight is 755 g/mol. The highest BCUT2D eigenvalue weighted by atomic mass is 16.5. The molecule has 5 nitrogen and oxygen atoms in total. The van der Waals surface area contributed by atoms with Crippen molar-refractivity contribution in [1.29, 1.82) is 0 Å². The third-order valence-corrected chi connectivity index (χ3v) is 12.3. The Bertz CT molecular complexity index is 2730. The zero-order chi connectivity index (χ0) is 41.2. The van der Waals surface area contributed by atoms with Crippen LogP contribution in [0.3, 0.4) is 0 Å². The molecule has 0 aliphatic carbocycles. The highest BCUT2D eigenvalue weighted by Gasteiger charge is 2.64. The minimum absolute atomic E-state index is 0.00516. The van der Waals surface area contributed by atoms with Gasteiger partial charge in [0.15, 0.2) is 18.0 Å². The van der Waals surface area contributed by atoms with Gasteiger partial charge in [-0.05, 0) is 81.3 Å². The second-order valence-corrected chi connectivity index (χ2v) is 19.7. The summed E-state index contributed by atoms with van der Waals surface area (Å²) < 4.78 is 19.6. The minimum atomic E-state index is -0.781. The van der Waals surface area contributed by atoms with Crippen molar-refractivity contribution in [3.8, 4) is 17.3 Å². The summed E-state index contributed by atoms with van der Waals surface area (Å²) in [5.41, 5.74) is 12.0. The van der Waals surface area contributed by atoms with Crippen molar-refractivity contribution in [2.45, 2.75) is 98.3 Å².